The molecule has 2 aromatic rings. The Bertz CT molecular complexity index is 780. The molecule has 0 aromatic heterocycles. The van der Waals surface area contributed by atoms with Gasteiger partial charge in [0, 0.05) is 43.5 Å². The molecule has 0 radical (unpaired) electrons. The number of benzene rings is 2. The highest BCUT2D eigenvalue weighted by molar-refractivity contribution is 5.95. The van der Waals surface area contributed by atoms with Gasteiger partial charge in [0.15, 0.2) is 0 Å². The van der Waals surface area contributed by atoms with Crippen LogP contribution < -0.4 is 14.8 Å². The van der Waals surface area contributed by atoms with Gasteiger partial charge in [-0.3, -0.25) is 4.79 Å². The zero-order chi connectivity index (χ0) is 19.2. The number of anilines is 1. The predicted molar refractivity (Wildman–Crippen MR) is 102 cm³/mol. The van der Waals surface area contributed by atoms with Crippen LogP contribution in [0, 0.1) is 0 Å². The summed E-state index contributed by atoms with van der Waals surface area (Å²) >= 11 is 0. The Morgan fingerprint density at radius 2 is 1.41 bits per heavy atom. The molecule has 0 atom stereocenters. The molecule has 0 aliphatic carbocycles. The minimum absolute atomic E-state index is 0.102. The van der Waals surface area contributed by atoms with Gasteiger partial charge in [0.2, 0.25) is 0 Å². The highest BCUT2D eigenvalue weighted by Gasteiger charge is 2.25. The predicted octanol–water partition coefficient (Wildman–Crippen LogP) is 2.69. The summed E-state index contributed by atoms with van der Waals surface area (Å²) in [7, 11) is 3.10. The first-order valence-electron chi connectivity index (χ1n) is 8.74. The van der Waals surface area contributed by atoms with E-state index in [4.69, 9.17) is 9.47 Å². The summed E-state index contributed by atoms with van der Waals surface area (Å²) < 4.78 is 10.5. The molecular weight excluding hydrogens is 346 g/mol. The first-order valence-corrected chi connectivity index (χ1v) is 8.74. The van der Waals surface area contributed by atoms with E-state index in [1.807, 2.05) is 30.3 Å². The van der Waals surface area contributed by atoms with Crippen LogP contribution in [0.3, 0.4) is 0 Å². The average molecular weight is 369 g/mol. The van der Waals surface area contributed by atoms with Gasteiger partial charge < -0.3 is 24.6 Å². The summed E-state index contributed by atoms with van der Waals surface area (Å²) in [5, 5.41) is 2.87. The van der Waals surface area contributed by atoms with Gasteiger partial charge >= 0.3 is 6.03 Å². The number of urea groups is 1. The van der Waals surface area contributed by atoms with Crippen LogP contribution in [0.25, 0.3) is 0 Å². The van der Waals surface area contributed by atoms with Crippen LogP contribution in [-0.4, -0.2) is 62.1 Å². The molecule has 1 N–H and O–H groups in total. The number of nitrogens with zero attached hydrogens (tertiary/aromatic N) is 2. The summed E-state index contributed by atoms with van der Waals surface area (Å²) in [6.45, 7) is 1.90. The topological polar surface area (TPSA) is 71.1 Å². The van der Waals surface area contributed by atoms with Crippen molar-refractivity contribution >= 4 is 17.6 Å². The van der Waals surface area contributed by atoms with E-state index in [0.29, 0.717) is 43.2 Å². The standard InChI is InChI=1S/C20H23N3O4/c1-26-17-12-15(13-18(14-17)27-2)19(24)22-8-10-23(11-9-22)20(25)21-16-6-4-3-5-7-16/h3-7,12-14H,8-11H2,1-2H3,(H,21,25). The van der Waals surface area contributed by atoms with Gasteiger partial charge in [-0.1, -0.05) is 18.2 Å². The Morgan fingerprint density at radius 1 is 0.852 bits per heavy atom. The number of hydrogen-bond donors (Lipinski definition) is 1. The molecule has 1 saturated heterocycles. The maximum absolute atomic E-state index is 12.8. The van der Waals surface area contributed by atoms with Gasteiger partial charge in [0.05, 0.1) is 14.2 Å². The normalized spacial score (nSPS) is 13.9. The lowest BCUT2D eigenvalue weighted by Gasteiger charge is -2.34. The van der Waals surface area contributed by atoms with E-state index >= 15 is 0 Å². The number of rotatable bonds is 4. The largest absolute Gasteiger partial charge is 0.497 e. The molecule has 0 saturated carbocycles. The third-order valence-electron chi connectivity index (χ3n) is 4.48. The number of para-hydroxylation sites is 1. The Labute approximate surface area is 158 Å². The molecule has 1 aliphatic heterocycles. The van der Waals surface area contributed by atoms with E-state index in [1.165, 1.54) is 0 Å². The molecule has 142 valence electrons. The maximum atomic E-state index is 12.8. The molecule has 1 fully saturated rings. The minimum Gasteiger partial charge on any atom is -0.497 e. The van der Waals surface area contributed by atoms with E-state index in [9.17, 15) is 9.59 Å². The van der Waals surface area contributed by atoms with Crippen LogP contribution in [0.15, 0.2) is 48.5 Å². The van der Waals surface area contributed by atoms with Crippen LogP contribution in [0.1, 0.15) is 10.4 Å². The highest BCUT2D eigenvalue weighted by Crippen LogP contribution is 2.24. The Kier molecular flexibility index (Phi) is 5.80. The summed E-state index contributed by atoms with van der Waals surface area (Å²) in [4.78, 5) is 28.6. The van der Waals surface area contributed by atoms with E-state index in [0.717, 1.165) is 5.69 Å². The molecule has 7 heteroatoms. The number of methoxy groups -OCH3 is 2. The summed E-state index contributed by atoms with van der Waals surface area (Å²) in [6.07, 6.45) is 0. The third kappa shape index (κ3) is 4.49. The lowest BCUT2D eigenvalue weighted by molar-refractivity contribution is 0.0671. The average Bonchev–Trinajstić information content (AvgIpc) is 2.73. The third-order valence-corrected chi connectivity index (χ3v) is 4.48. The second-order valence-corrected chi connectivity index (χ2v) is 6.18. The molecule has 0 bridgehead atoms. The number of nitrogens with one attached hydrogen (secondary N) is 1. The minimum atomic E-state index is -0.156. The van der Waals surface area contributed by atoms with Crippen LogP contribution in [0.5, 0.6) is 11.5 Å². The molecule has 3 rings (SSSR count). The van der Waals surface area contributed by atoms with E-state index < -0.39 is 0 Å². The number of hydrogen-bond acceptors (Lipinski definition) is 4. The number of piperazine rings is 1. The van der Waals surface area contributed by atoms with Crippen molar-refractivity contribution in [1.29, 1.82) is 0 Å². The second-order valence-electron chi connectivity index (χ2n) is 6.18. The fourth-order valence-corrected chi connectivity index (χ4v) is 2.95. The van der Waals surface area contributed by atoms with Gasteiger partial charge in [-0.25, -0.2) is 4.79 Å². The Morgan fingerprint density at radius 3 is 1.96 bits per heavy atom. The molecule has 0 spiro atoms. The van der Waals surface area contributed by atoms with Crippen LogP contribution in [0.4, 0.5) is 10.5 Å². The highest BCUT2D eigenvalue weighted by atomic mass is 16.5. The summed E-state index contributed by atoms with van der Waals surface area (Å²) in [5.41, 5.74) is 1.26. The van der Waals surface area contributed by atoms with Crippen molar-refractivity contribution in [2.75, 3.05) is 45.7 Å². The Hall–Kier alpha value is -3.22. The number of amides is 3. The van der Waals surface area contributed by atoms with Gasteiger partial charge in [-0.2, -0.15) is 0 Å². The van der Waals surface area contributed by atoms with Gasteiger partial charge in [0.1, 0.15) is 11.5 Å². The number of carbonyl (C=O) groups excluding carboxylic acids is 2. The summed E-state index contributed by atoms with van der Waals surface area (Å²) in [5.74, 6) is 1.03. The molecule has 2 aromatic carbocycles. The molecule has 27 heavy (non-hydrogen) atoms. The fraction of sp³-hybridized carbons (Fsp3) is 0.300. The fourth-order valence-electron chi connectivity index (χ4n) is 2.95. The molecule has 7 nitrogen and oxygen atoms in total. The Balaban J connectivity index is 1.60. The van der Waals surface area contributed by atoms with Gasteiger partial charge in [-0.15, -0.1) is 0 Å². The lowest BCUT2D eigenvalue weighted by atomic mass is 10.1. The molecule has 3 amide bonds. The molecule has 0 unspecified atom stereocenters. The summed E-state index contributed by atoms with van der Waals surface area (Å²) in [6, 6.07) is 14.3. The van der Waals surface area contributed by atoms with Gasteiger partial charge in [0.25, 0.3) is 5.91 Å². The second kappa shape index (κ2) is 8.44. The van der Waals surface area contributed by atoms with Crippen molar-refractivity contribution in [3.05, 3.63) is 54.1 Å². The van der Waals surface area contributed by atoms with Crippen molar-refractivity contribution in [2.24, 2.45) is 0 Å². The zero-order valence-electron chi connectivity index (χ0n) is 15.5. The van der Waals surface area contributed by atoms with Crippen LogP contribution in [-0.2, 0) is 0 Å². The van der Waals surface area contributed by atoms with Crippen LogP contribution >= 0.6 is 0 Å². The number of carbonyl (C=O) groups is 2. The van der Waals surface area contributed by atoms with E-state index in [-0.39, 0.29) is 11.9 Å². The zero-order valence-corrected chi connectivity index (χ0v) is 15.5. The smallest absolute Gasteiger partial charge is 0.321 e. The van der Waals surface area contributed by atoms with Crippen molar-refractivity contribution in [3.8, 4) is 11.5 Å². The van der Waals surface area contributed by atoms with Crippen molar-refractivity contribution in [2.45, 2.75) is 0 Å². The van der Waals surface area contributed by atoms with Crippen LogP contribution in [0.2, 0.25) is 0 Å². The molecular formula is C20H23N3O4. The quantitative estimate of drug-likeness (QED) is 0.900. The molecule has 1 heterocycles. The van der Waals surface area contributed by atoms with Crippen molar-refractivity contribution in [1.82, 2.24) is 9.80 Å². The van der Waals surface area contributed by atoms with Crippen molar-refractivity contribution in [3.63, 3.8) is 0 Å². The monoisotopic (exact) mass is 369 g/mol. The number of ether oxygens (including phenoxy) is 2. The van der Waals surface area contributed by atoms with E-state index in [2.05, 4.69) is 5.32 Å². The first-order chi connectivity index (χ1) is 13.1. The maximum Gasteiger partial charge on any atom is 0.321 e. The van der Waals surface area contributed by atoms with Gasteiger partial charge in [-0.05, 0) is 24.3 Å². The molecule has 1 aliphatic rings. The SMILES string of the molecule is COc1cc(OC)cc(C(=O)N2CCN(C(=O)Nc3ccccc3)CC2)c1. The lowest BCUT2D eigenvalue weighted by Crippen LogP contribution is -2.51. The first kappa shape index (κ1) is 18.6. The van der Waals surface area contributed by atoms with Crippen molar-refractivity contribution < 1.29 is 19.1 Å². The van der Waals surface area contributed by atoms with E-state index in [1.54, 1.807) is 42.2 Å².